The van der Waals surface area contributed by atoms with Gasteiger partial charge in [-0.3, -0.25) is 4.79 Å². The average Bonchev–Trinajstić information content (AvgIpc) is 2.67. The van der Waals surface area contributed by atoms with Gasteiger partial charge in [0.05, 0.1) is 6.04 Å². The molecule has 102 valence electrons. The van der Waals surface area contributed by atoms with Gasteiger partial charge in [-0.1, -0.05) is 12.1 Å². The van der Waals surface area contributed by atoms with Crippen molar-refractivity contribution in [2.45, 2.75) is 19.0 Å². The van der Waals surface area contributed by atoms with Crippen LogP contribution in [0.3, 0.4) is 0 Å². The van der Waals surface area contributed by atoms with E-state index in [4.69, 9.17) is 0 Å². The Kier molecular flexibility index (Phi) is 3.99. The molecule has 0 radical (unpaired) electrons. The number of carbonyl (C=O) groups is 2. The predicted molar refractivity (Wildman–Crippen MR) is 67.8 cm³/mol. The van der Waals surface area contributed by atoms with Gasteiger partial charge in [-0.15, -0.1) is 0 Å². The monoisotopic (exact) mass is 265 g/mol. The fourth-order valence-corrected chi connectivity index (χ4v) is 1.98. The zero-order valence-electron chi connectivity index (χ0n) is 10.6. The van der Waals surface area contributed by atoms with Gasteiger partial charge in [0.15, 0.2) is 0 Å². The normalized spacial score (nSPS) is 18.5. The highest BCUT2D eigenvalue weighted by atomic mass is 19.1. The standard InChI is InChI=1S/C13H16FN3O2/c1-17-8-11(6-12(17)18)16-13(19)15-7-9-2-4-10(14)5-3-9/h2-5,11H,6-8H2,1H3,(H2,15,16,19). The van der Waals surface area contributed by atoms with Gasteiger partial charge < -0.3 is 15.5 Å². The van der Waals surface area contributed by atoms with Crippen molar-refractivity contribution in [3.63, 3.8) is 0 Å². The number of likely N-dealkylation sites (N-methyl/N-ethyl adjacent to an activating group) is 1. The van der Waals surface area contributed by atoms with Gasteiger partial charge in [-0.2, -0.15) is 0 Å². The lowest BCUT2D eigenvalue weighted by atomic mass is 10.2. The molecular formula is C13H16FN3O2. The summed E-state index contributed by atoms with van der Waals surface area (Å²) >= 11 is 0. The molecular weight excluding hydrogens is 249 g/mol. The third-order valence-corrected chi connectivity index (χ3v) is 3.04. The molecule has 3 amide bonds. The molecule has 19 heavy (non-hydrogen) atoms. The van der Waals surface area contributed by atoms with Crippen LogP contribution in [0.4, 0.5) is 9.18 Å². The van der Waals surface area contributed by atoms with E-state index < -0.39 is 0 Å². The van der Waals surface area contributed by atoms with Crippen LogP contribution in [0.1, 0.15) is 12.0 Å². The number of likely N-dealkylation sites (tertiary alicyclic amines) is 1. The first-order valence-electron chi connectivity index (χ1n) is 6.07. The summed E-state index contributed by atoms with van der Waals surface area (Å²) < 4.78 is 12.7. The van der Waals surface area contributed by atoms with E-state index in [-0.39, 0.29) is 23.8 Å². The molecule has 0 saturated carbocycles. The summed E-state index contributed by atoms with van der Waals surface area (Å²) in [5.74, 6) is -0.274. The number of nitrogens with zero attached hydrogens (tertiary/aromatic N) is 1. The Morgan fingerprint density at radius 1 is 1.42 bits per heavy atom. The van der Waals surface area contributed by atoms with Crippen LogP contribution in [0.5, 0.6) is 0 Å². The summed E-state index contributed by atoms with van der Waals surface area (Å²) in [4.78, 5) is 24.5. The van der Waals surface area contributed by atoms with E-state index in [0.717, 1.165) is 5.56 Å². The van der Waals surface area contributed by atoms with Gasteiger partial charge in [0.2, 0.25) is 5.91 Å². The molecule has 0 spiro atoms. The van der Waals surface area contributed by atoms with Crippen molar-refractivity contribution >= 4 is 11.9 Å². The van der Waals surface area contributed by atoms with Crippen molar-refractivity contribution in [1.82, 2.24) is 15.5 Å². The number of urea groups is 1. The summed E-state index contributed by atoms with van der Waals surface area (Å²) in [6.07, 6.45) is 0.334. The first-order chi connectivity index (χ1) is 9.04. The van der Waals surface area contributed by atoms with Crippen LogP contribution in [0.25, 0.3) is 0 Å². The molecule has 0 aromatic heterocycles. The molecule has 0 bridgehead atoms. The highest BCUT2D eigenvalue weighted by Gasteiger charge is 2.27. The molecule has 1 atom stereocenters. The van der Waals surface area contributed by atoms with Crippen molar-refractivity contribution < 1.29 is 14.0 Å². The van der Waals surface area contributed by atoms with Gasteiger partial charge in [0.1, 0.15) is 5.82 Å². The fourth-order valence-electron chi connectivity index (χ4n) is 1.98. The minimum atomic E-state index is -0.322. The van der Waals surface area contributed by atoms with E-state index >= 15 is 0 Å². The van der Waals surface area contributed by atoms with E-state index in [2.05, 4.69) is 10.6 Å². The zero-order valence-corrected chi connectivity index (χ0v) is 10.6. The smallest absolute Gasteiger partial charge is 0.315 e. The summed E-state index contributed by atoms with van der Waals surface area (Å²) in [6, 6.07) is 5.45. The Labute approximate surface area is 110 Å². The Balaban J connectivity index is 1.76. The predicted octanol–water partition coefficient (Wildman–Crippen LogP) is 0.856. The molecule has 1 heterocycles. The number of benzene rings is 1. The zero-order chi connectivity index (χ0) is 13.8. The quantitative estimate of drug-likeness (QED) is 0.851. The largest absolute Gasteiger partial charge is 0.344 e. The maximum absolute atomic E-state index is 12.7. The molecule has 1 aromatic carbocycles. The summed E-state index contributed by atoms with van der Waals surface area (Å²) in [7, 11) is 1.71. The van der Waals surface area contributed by atoms with Crippen molar-refractivity contribution in [1.29, 1.82) is 0 Å². The summed E-state index contributed by atoms with van der Waals surface area (Å²) in [5.41, 5.74) is 0.816. The molecule has 2 rings (SSSR count). The SMILES string of the molecule is CN1CC(NC(=O)NCc2ccc(F)cc2)CC1=O. The Morgan fingerprint density at radius 2 is 2.11 bits per heavy atom. The van der Waals surface area contributed by atoms with Crippen molar-refractivity contribution in [3.05, 3.63) is 35.6 Å². The van der Waals surface area contributed by atoms with Gasteiger partial charge in [-0.25, -0.2) is 9.18 Å². The van der Waals surface area contributed by atoms with E-state index in [1.807, 2.05) is 0 Å². The van der Waals surface area contributed by atoms with Crippen LogP contribution in [-0.2, 0) is 11.3 Å². The number of hydrogen-bond acceptors (Lipinski definition) is 2. The number of amides is 3. The molecule has 1 unspecified atom stereocenters. The minimum Gasteiger partial charge on any atom is -0.344 e. The van der Waals surface area contributed by atoms with Crippen LogP contribution >= 0.6 is 0 Å². The number of nitrogens with one attached hydrogen (secondary N) is 2. The van der Waals surface area contributed by atoms with Crippen LogP contribution < -0.4 is 10.6 Å². The van der Waals surface area contributed by atoms with Crippen molar-refractivity contribution in [2.75, 3.05) is 13.6 Å². The highest BCUT2D eigenvalue weighted by Crippen LogP contribution is 2.08. The molecule has 1 aromatic rings. The topological polar surface area (TPSA) is 61.4 Å². The Morgan fingerprint density at radius 3 is 2.68 bits per heavy atom. The van der Waals surface area contributed by atoms with Crippen LogP contribution in [-0.4, -0.2) is 36.5 Å². The second-order valence-electron chi connectivity index (χ2n) is 4.63. The maximum atomic E-state index is 12.7. The summed E-state index contributed by atoms with van der Waals surface area (Å²) in [6.45, 7) is 0.853. The third-order valence-electron chi connectivity index (χ3n) is 3.04. The van der Waals surface area contributed by atoms with Crippen molar-refractivity contribution in [3.8, 4) is 0 Å². The molecule has 1 aliphatic rings. The average molecular weight is 265 g/mol. The molecule has 5 nitrogen and oxygen atoms in total. The van der Waals surface area contributed by atoms with E-state index in [1.54, 1.807) is 24.1 Å². The second-order valence-corrected chi connectivity index (χ2v) is 4.63. The highest BCUT2D eigenvalue weighted by molar-refractivity contribution is 5.81. The Bertz CT molecular complexity index is 475. The molecule has 1 fully saturated rings. The third kappa shape index (κ3) is 3.67. The molecule has 0 aliphatic carbocycles. The number of carbonyl (C=O) groups excluding carboxylic acids is 2. The fraction of sp³-hybridized carbons (Fsp3) is 0.385. The van der Waals surface area contributed by atoms with E-state index in [1.165, 1.54) is 12.1 Å². The molecule has 6 heteroatoms. The van der Waals surface area contributed by atoms with Gasteiger partial charge in [-0.05, 0) is 17.7 Å². The molecule has 1 aliphatic heterocycles. The first kappa shape index (κ1) is 13.3. The summed E-state index contributed by atoms with van der Waals surface area (Å²) in [5, 5.41) is 5.41. The van der Waals surface area contributed by atoms with Gasteiger partial charge >= 0.3 is 6.03 Å². The van der Waals surface area contributed by atoms with E-state index in [9.17, 15) is 14.0 Å². The lowest BCUT2D eigenvalue weighted by Crippen LogP contribution is -2.42. The van der Waals surface area contributed by atoms with Gasteiger partial charge in [0.25, 0.3) is 0 Å². The maximum Gasteiger partial charge on any atom is 0.315 e. The number of halogens is 1. The van der Waals surface area contributed by atoms with Gasteiger partial charge in [0, 0.05) is 26.6 Å². The van der Waals surface area contributed by atoms with E-state index in [0.29, 0.717) is 19.5 Å². The van der Waals surface area contributed by atoms with Crippen LogP contribution in [0.2, 0.25) is 0 Å². The lowest BCUT2D eigenvalue weighted by Gasteiger charge is -2.13. The first-order valence-corrected chi connectivity index (χ1v) is 6.07. The second kappa shape index (κ2) is 5.69. The lowest BCUT2D eigenvalue weighted by molar-refractivity contribution is -0.126. The molecule has 2 N–H and O–H groups in total. The molecule has 1 saturated heterocycles. The number of hydrogen-bond donors (Lipinski definition) is 2. The van der Waals surface area contributed by atoms with Crippen LogP contribution in [0, 0.1) is 5.82 Å². The minimum absolute atomic E-state index is 0.0313. The van der Waals surface area contributed by atoms with Crippen molar-refractivity contribution in [2.24, 2.45) is 0 Å². The Hall–Kier alpha value is -2.11. The number of rotatable bonds is 3. The van der Waals surface area contributed by atoms with Crippen LogP contribution in [0.15, 0.2) is 24.3 Å².